The number of phenolic OH excluding ortho intramolecular Hbond substituents is 2. The molecule has 0 saturated carbocycles. The summed E-state index contributed by atoms with van der Waals surface area (Å²) >= 11 is 0. The first kappa shape index (κ1) is 15.5. The van der Waals surface area contributed by atoms with Crippen LogP contribution in [0.4, 0.5) is 0 Å². The summed E-state index contributed by atoms with van der Waals surface area (Å²) in [7, 11) is 0. The number of aromatic hydroxyl groups is 2. The third-order valence-electron chi connectivity index (χ3n) is 5.79. The molecule has 0 aliphatic heterocycles. The highest BCUT2D eigenvalue weighted by Gasteiger charge is 2.36. The van der Waals surface area contributed by atoms with Crippen molar-refractivity contribution < 1.29 is 10.2 Å². The second-order valence-electron chi connectivity index (χ2n) is 8.03. The lowest BCUT2D eigenvalue weighted by Crippen LogP contribution is -2.29. The largest absolute Gasteiger partial charge is 0.504 e. The van der Waals surface area contributed by atoms with Gasteiger partial charge in [-0.25, -0.2) is 0 Å². The van der Waals surface area contributed by atoms with Gasteiger partial charge in [0.1, 0.15) is 0 Å². The third-order valence-corrected chi connectivity index (χ3v) is 5.79. The number of fused-ring (bicyclic) bond motifs is 2. The lowest BCUT2D eigenvalue weighted by molar-refractivity contribution is 0.203. The molecule has 0 radical (unpaired) electrons. The van der Waals surface area contributed by atoms with E-state index in [4.69, 9.17) is 0 Å². The van der Waals surface area contributed by atoms with Gasteiger partial charge < -0.3 is 10.2 Å². The Morgan fingerprint density at radius 1 is 1.18 bits per heavy atom. The minimum Gasteiger partial charge on any atom is -0.504 e. The number of allylic oxidation sites excluding steroid dienone is 2. The molecule has 2 aliphatic carbocycles. The zero-order chi connectivity index (χ0) is 16.1. The van der Waals surface area contributed by atoms with Gasteiger partial charge in [0.15, 0.2) is 11.5 Å². The van der Waals surface area contributed by atoms with Crippen LogP contribution in [0.5, 0.6) is 11.5 Å². The molecule has 2 N–H and O–H groups in total. The van der Waals surface area contributed by atoms with Crippen LogP contribution in [0.15, 0.2) is 17.7 Å². The highest BCUT2D eigenvalue weighted by molar-refractivity contribution is 5.57. The van der Waals surface area contributed by atoms with Crippen molar-refractivity contribution in [2.45, 2.75) is 65.7 Å². The Bertz CT molecular complexity index is 623. The maximum absolute atomic E-state index is 10.5. The molecule has 1 aromatic rings. The van der Waals surface area contributed by atoms with Crippen LogP contribution in [0, 0.1) is 11.3 Å². The van der Waals surface area contributed by atoms with Crippen molar-refractivity contribution in [3.63, 3.8) is 0 Å². The van der Waals surface area contributed by atoms with Gasteiger partial charge in [0.2, 0.25) is 0 Å². The molecule has 0 aromatic heterocycles. The van der Waals surface area contributed by atoms with E-state index in [0.29, 0.717) is 11.3 Å². The molecule has 0 heterocycles. The molecule has 2 heteroatoms. The second-order valence-corrected chi connectivity index (χ2v) is 8.03. The highest BCUT2D eigenvalue weighted by atomic mass is 16.3. The zero-order valence-electron chi connectivity index (χ0n) is 14.2. The SMILES string of the molecule is CC(C)c1cc2c(c(O)c1O)CC1=CCCC(C)(C)[C@H]1CC2. The Balaban J connectivity index is 2.07. The van der Waals surface area contributed by atoms with E-state index in [-0.39, 0.29) is 17.4 Å². The maximum Gasteiger partial charge on any atom is 0.161 e. The van der Waals surface area contributed by atoms with E-state index >= 15 is 0 Å². The molecule has 0 amide bonds. The first-order valence-corrected chi connectivity index (χ1v) is 8.56. The van der Waals surface area contributed by atoms with Crippen LogP contribution >= 0.6 is 0 Å². The fourth-order valence-electron chi connectivity index (χ4n) is 4.36. The van der Waals surface area contributed by atoms with Crippen LogP contribution in [-0.2, 0) is 12.8 Å². The average molecular weight is 300 g/mol. The van der Waals surface area contributed by atoms with Gasteiger partial charge >= 0.3 is 0 Å². The monoisotopic (exact) mass is 300 g/mol. The first-order valence-electron chi connectivity index (χ1n) is 8.56. The van der Waals surface area contributed by atoms with Gasteiger partial charge in [-0.2, -0.15) is 0 Å². The van der Waals surface area contributed by atoms with E-state index in [1.807, 2.05) is 0 Å². The molecule has 0 spiro atoms. The van der Waals surface area contributed by atoms with Crippen LogP contribution in [0.1, 0.15) is 69.6 Å². The predicted molar refractivity (Wildman–Crippen MR) is 90.5 cm³/mol. The minimum atomic E-state index is 0.0860. The van der Waals surface area contributed by atoms with Crippen molar-refractivity contribution in [2.75, 3.05) is 0 Å². The molecule has 0 fully saturated rings. The van der Waals surface area contributed by atoms with Crippen molar-refractivity contribution >= 4 is 0 Å². The van der Waals surface area contributed by atoms with Crippen LogP contribution in [-0.4, -0.2) is 10.2 Å². The number of aryl methyl sites for hydroxylation is 1. The van der Waals surface area contributed by atoms with Crippen molar-refractivity contribution in [3.8, 4) is 11.5 Å². The van der Waals surface area contributed by atoms with E-state index in [9.17, 15) is 10.2 Å². The fourth-order valence-corrected chi connectivity index (χ4v) is 4.36. The molecule has 2 nitrogen and oxygen atoms in total. The quantitative estimate of drug-likeness (QED) is 0.561. The molecule has 0 unspecified atom stereocenters. The molecule has 0 saturated heterocycles. The lowest BCUT2D eigenvalue weighted by atomic mass is 9.66. The Hall–Kier alpha value is -1.44. The Kier molecular flexibility index (Phi) is 3.74. The first-order chi connectivity index (χ1) is 10.3. The molecule has 2 aliphatic rings. The smallest absolute Gasteiger partial charge is 0.161 e. The Morgan fingerprint density at radius 3 is 2.59 bits per heavy atom. The molecular weight excluding hydrogens is 272 g/mol. The topological polar surface area (TPSA) is 40.5 Å². The maximum atomic E-state index is 10.5. The number of rotatable bonds is 1. The van der Waals surface area contributed by atoms with Crippen LogP contribution < -0.4 is 0 Å². The summed E-state index contributed by atoms with van der Waals surface area (Å²) in [4.78, 5) is 0. The highest BCUT2D eigenvalue weighted by Crippen LogP contribution is 2.49. The van der Waals surface area contributed by atoms with Gasteiger partial charge in [0.25, 0.3) is 0 Å². The Morgan fingerprint density at radius 2 is 1.91 bits per heavy atom. The number of hydrogen-bond acceptors (Lipinski definition) is 2. The number of benzene rings is 1. The van der Waals surface area contributed by atoms with E-state index in [2.05, 4.69) is 39.8 Å². The van der Waals surface area contributed by atoms with Gasteiger partial charge in [-0.05, 0) is 54.9 Å². The van der Waals surface area contributed by atoms with Crippen LogP contribution in [0.2, 0.25) is 0 Å². The third kappa shape index (κ3) is 2.43. The fraction of sp³-hybridized carbons (Fsp3) is 0.600. The molecular formula is C20H28O2. The normalized spacial score (nSPS) is 23.5. The van der Waals surface area contributed by atoms with Crippen molar-refractivity contribution in [2.24, 2.45) is 11.3 Å². The number of phenols is 2. The summed E-state index contributed by atoms with van der Waals surface area (Å²) in [6.45, 7) is 8.86. The van der Waals surface area contributed by atoms with E-state index in [1.54, 1.807) is 0 Å². The standard InChI is InChI=1S/C20H28O2/c1-12(2)15-10-13-7-8-17-14(6-5-9-20(17,3)4)11-16(13)19(22)18(15)21/h6,10,12,17,21-22H,5,7-9,11H2,1-4H3/t17-/m0/s1. The summed E-state index contributed by atoms with van der Waals surface area (Å²) < 4.78 is 0. The molecule has 1 atom stereocenters. The second kappa shape index (κ2) is 5.33. The summed E-state index contributed by atoms with van der Waals surface area (Å²) in [6.07, 6.45) is 7.68. The zero-order valence-corrected chi connectivity index (χ0v) is 14.2. The van der Waals surface area contributed by atoms with Gasteiger partial charge in [-0.1, -0.05) is 45.4 Å². The van der Waals surface area contributed by atoms with Crippen LogP contribution in [0.25, 0.3) is 0 Å². The van der Waals surface area contributed by atoms with E-state index in [0.717, 1.165) is 36.8 Å². The van der Waals surface area contributed by atoms with Gasteiger partial charge in [0.05, 0.1) is 0 Å². The lowest BCUT2D eigenvalue weighted by Gasteiger charge is -2.39. The summed E-state index contributed by atoms with van der Waals surface area (Å²) in [6, 6.07) is 2.12. The minimum absolute atomic E-state index is 0.0860. The molecule has 22 heavy (non-hydrogen) atoms. The summed E-state index contributed by atoms with van der Waals surface area (Å²) in [5, 5.41) is 20.9. The summed E-state index contributed by atoms with van der Waals surface area (Å²) in [5.74, 6) is 1.02. The van der Waals surface area contributed by atoms with Gasteiger partial charge in [-0.15, -0.1) is 0 Å². The average Bonchev–Trinajstić information content (AvgIpc) is 2.62. The van der Waals surface area contributed by atoms with Crippen molar-refractivity contribution in [1.29, 1.82) is 0 Å². The number of hydrogen-bond donors (Lipinski definition) is 2. The van der Waals surface area contributed by atoms with Gasteiger partial charge in [-0.3, -0.25) is 0 Å². The van der Waals surface area contributed by atoms with Gasteiger partial charge in [0, 0.05) is 11.1 Å². The molecule has 120 valence electrons. The van der Waals surface area contributed by atoms with E-state index in [1.165, 1.54) is 17.6 Å². The molecule has 1 aromatic carbocycles. The molecule has 0 bridgehead atoms. The van der Waals surface area contributed by atoms with Crippen LogP contribution in [0.3, 0.4) is 0 Å². The summed E-state index contributed by atoms with van der Waals surface area (Å²) in [5.41, 5.74) is 4.85. The van der Waals surface area contributed by atoms with E-state index < -0.39 is 0 Å². The molecule has 3 rings (SSSR count). The van der Waals surface area contributed by atoms with Crippen molar-refractivity contribution in [1.82, 2.24) is 0 Å². The van der Waals surface area contributed by atoms with Crippen molar-refractivity contribution in [3.05, 3.63) is 34.4 Å². The Labute approximate surface area is 133 Å². The predicted octanol–water partition coefficient (Wildman–Crippen LogP) is 5.07.